The van der Waals surface area contributed by atoms with Crippen molar-refractivity contribution in [1.29, 1.82) is 0 Å². The number of aliphatic carboxylic acids is 1. The summed E-state index contributed by atoms with van der Waals surface area (Å²) in [4.78, 5) is 26.5. The molecule has 42 heavy (non-hydrogen) atoms. The molecule has 0 radical (unpaired) electrons. The fourth-order valence-corrected chi connectivity index (χ4v) is 5.40. The van der Waals surface area contributed by atoms with E-state index in [1.54, 1.807) is 12.1 Å². The predicted octanol–water partition coefficient (Wildman–Crippen LogP) is 9.06. The van der Waals surface area contributed by atoms with Gasteiger partial charge in [0, 0.05) is 16.7 Å². The third-order valence-electron chi connectivity index (χ3n) is 7.87. The maximum atomic E-state index is 13.6. The van der Waals surface area contributed by atoms with Crippen LogP contribution in [-0.4, -0.2) is 22.6 Å². The van der Waals surface area contributed by atoms with E-state index < -0.39 is 17.7 Å². The molecule has 0 spiro atoms. The Morgan fingerprint density at radius 3 is 1.71 bits per heavy atom. The number of carboxylic acids is 1. The number of aryl methyl sites for hydroxylation is 4. The lowest BCUT2D eigenvalue weighted by Gasteiger charge is -2.31. The molecule has 0 aliphatic carbocycles. The first kappa shape index (κ1) is 30.7. The first-order chi connectivity index (χ1) is 19.7. The van der Waals surface area contributed by atoms with Gasteiger partial charge in [-0.2, -0.15) is 0 Å². The van der Waals surface area contributed by atoms with E-state index >= 15 is 0 Å². The second-order valence-electron chi connectivity index (χ2n) is 12.2. The number of anilines is 1. The molecular formula is C37H41NO4. The van der Waals surface area contributed by atoms with Crippen LogP contribution >= 0.6 is 0 Å². The molecule has 0 heterocycles. The summed E-state index contributed by atoms with van der Waals surface area (Å²) in [5.41, 5.74) is 10.5. The van der Waals surface area contributed by atoms with Crippen molar-refractivity contribution >= 4 is 17.6 Å². The lowest BCUT2D eigenvalue weighted by molar-refractivity contribution is -0.160. The van der Waals surface area contributed by atoms with Gasteiger partial charge in [-0.25, -0.2) is 4.79 Å². The zero-order chi connectivity index (χ0) is 30.9. The van der Waals surface area contributed by atoms with Gasteiger partial charge in [0.05, 0.1) is 11.3 Å². The predicted molar refractivity (Wildman–Crippen MR) is 171 cm³/mol. The second-order valence-corrected chi connectivity index (χ2v) is 12.2. The van der Waals surface area contributed by atoms with Crippen LogP contribution in [0, 0.1) is 41.5 Å². The normalized spacial score (nSPS) is 12.2. The van der Waals surface area contributed by atoms with Crippen LogP contribution in [0.3, 0.4) is 0 Å². The fourth-order valence-electron chi connectivity index (χ4n) is 5.40. The number of hydrogen-bond donors (Lipinski definition) is 2. The Balaban J connectivity index is 2.15. The van der Waals surface area contributed by atoms with Gasteiger partial charge in [-0.1, -0.05) is 54.6 Å². The summed E-state index contributed by atoms with van der Waals surface area (Å²) in [5, 5.41) is 13.7. The van der Waals surface area contributed by atoms with Gasteiger partial charge in [0.25, 0.3) is 5.91 Å². The van der Waals surface area contributed by atoms with Gasteiger partial charge in [0.1, 0.15) is 0 Å². The quantitative estimate of drug-likeness (QED) is 0.235. The highest BCUT2D eigenvalue weighted by molar-refractivity contribution is 6.08. The number of carboxylic acid groups (broad SMARTS) is 1. The minimum absolute atomic E-state index is 0.267. The van der Waals surface area contributed by atoms with E-state index in [-0.39, 0.29) is 5.91 Å². The van der Waals surface area contributed by atoms with Crippen molar-refractivity contribution in [2.45, 2.75) is 74.0 Å². The molecule has 218 valence electrons. The van der Waals surface area contributed by atoms with Gasteiger partial charge >= 0.3 is 5.97 Å². The highest BCUT2D eigenvalue weighted by atomic mass is 16.5. The molecule has 0 bridgehead atoms. The zero-order valence-electron chi connectivity index (χ0n) is 26.1. The Morgan fingerprint density at radius 2 is 1.24 bits per heavy atom. The van der Waals surface area contributed by atoms with Crippen LogP contribution < -0.4 is 5.32 Å². The largest absolute Gasteiger partial charge is 0.479 e. The summed E-state index contributed by atoms with van der Waals surface area (Å²) in [5.74, 6) is -1.35. The summed E-state index contributed by atoms with van der Waals surface area (Å²) >= 11 is 0. The fraction of sp³-hybridized carbons (Fsp3) is 0.297. The van der Waals surface area contributed by atoms with Gasteiger partial charge in [-0.15, -0.1) is 0 Å². The van der Waals surface area contributed by atoms with Gasteiger partial charge in [-0.05, 0) is 125 Å². The molecule has 0 aliphatic rings. The molecule has 4 rings (SSSR count). The Bertz CT molecular complexity index is 1660. The van der Waals surface area contributed by atoms with Crippen LogP contribution in [0.4, 0.5) is 5.69 Å². The monoisotopic (exact) mass is 563 g/mol. The van der Waals surface area contributed by atoms with Gasteiger partial charge < -0.3 is 15.2 Å². The summed E-state index contributed by atoms with van der Waals surface area (Å²) in [7, 11) is 0. The molecule has 5 heteroatoms. The van der Waals surface area contributed by atoms with Crippen molar-refractivity contribution in [3.05, 3.63) is 111 Å². The zero-order valence-corrected chi connectivity index (χ0v) is 26.1. The van der Waals surface area contributed by atoms with Crippen molar-refractivity contribution in [2.24, 2.45) is 0 Å². The second kappa shape index (κ2) is 11.9. The molecule has 1 amide bonds. The van der Waals surface area contributed by atoms with Crippen molar-refractivity contribution in [3.8, 4) is 22.3 Å². The van der Waals surface area contributed by atoms with Crippen LogP contribution in [-0.2, 0) is 9.53 Å². The van der Waals surface area contributed by atoms with Crippen LogP contribution in [0.1, 0.15) is 76.2 Å². The number of amides is 1. The van der Waals surface area contributed by atoms with Crippen molar-refractivity contribution in [3.63, 3.8) is 0 Å². The smallest absolute Gasteiger partial charge is 0.337 e. The topological polar surface area (TPSA) is 75.6 Å². The third kappa shape index (κ3) is 6.32. The maximum absolute atomic E-state index is 13.6. The number of rotatable bonds is 7. The van der Waals surface area contributed by atoms with Gasteiger partial charge in [0.2, 0.25) is 0 Å². The lowest BCUT2D eigenvalue weighted by Crippen LogP contribution is -2.29. The summed E-state index contributed by atoms with van der Waals surface area (Å²) < 4.78 is 6.25. The third-order valence-corrected chi connectivity index (χ3v) is 7.87. The Hall–Kier alpha value is -4.22. The number of carbonyl (C=O) groups is 2. The molecule has 0 saturated carbocycles. The van der Waals surface area contributed by atoms with Crippen molar-refractivity contribution in [2.75, 3.05) is 5.32 Å². The summed E-state index contributed by atoms with van der Waals surface area (Å²) in [6, 6.07) is 21.5. The van der Waals surface area contributed by atoms with E-state index in [0.29, 0.717) is 22.4 Å². The van der Waals surface area contributed by atoms with E-state index in [9.17, 15) is 14.7 Å². The highest BCUT2D eigenvalue weighted by Gasteiger charge is 2.34. The molecule has 0 fully saturated rings. The van der Waals surface area contributed by atoms with E-state index in [0.717, 1.165) is 44.5 Å². The summed E-state index contributed by atoms with van der Waals surface area (Å²) in [6.07, 6.45) is -1.26. The average Bonchev–Trinajstić information content (AvgIpc) is 2.92. The van der Waals surface area contributed by atoms with E-state index in [1.807, 2.05) is 58.9 Å². The molecule has 0 aromatic heterocycles. The minimum atomic E-state index is -1.26. The minimum Gasteiger partial charge on any atom is -0.479 e. The standard InChI is InChI=1S/C37H41NO4/c1-21-15-17-28(19-23(21)3)30-25(5)31(29-18-16-22(2)24(4)20-29)33(38-35(39)27-13-11-10-12-14-27)26(6)32(30)34(36(40)41)42-37(7,8)9/h10-20,34H,1-9H3,(H,38,39)(H,40,41). The SMILES string of the molecule is Cc1ccc(-c2c(C)c(-c3ccc(C)c(C)c3)c(C(OC(C)(C)C)C(=O)O)c(C)c2NC(=O)c2ccccc2)cc1C. The maximum Gasteiger partial charge on any atom is 0.337 e. The number of ether oxygens (including phenoxy) is 1. The van der Waals surface area contributed by atoms with Crippen LogP contribution in [0.25, 0.3) is 22.3 Å². The number of carbonyl (C=O) groups excluding carboxylic acids is 1. The molecule has 0 saturated heterocycles. The van der Waals surface area contributed by atoms with E-state index in [1.165, 1.54) is 5.56 Å². The van der Waals surface area contributed by atoms with Crippen LogP contribution in [0.2, 0.25) is 0 Å². The Kier molecular flexibility index (Phi) is 8.74. The van der Waals surface area contributed by atoms with Crippen LogP contribution in [0.15, 0.2) is 66.7 Å². The number of benzene rings is 4. The van der Waals surface area contributed by atoms with Crippen LogP contribution in [0.5, 0.6) is 0 Å². The first-order valence-corrected chi connectivity index (χ1v) is 14.3. The average molecular weight is 564 g/mol. The molecule has 1 atom stereocenters. The number of nitrogens with one attached hydrogen (secondary N) is 1. The molecular weight excluding hydrogens is 522 g/mol. The molecule has 0 aliphatic heterocycles. The molecule has 4 aromatic rings. The number of hydrogen-bond acceptors (Lipinski definition) is 3. The molecule has 4 aromatic carbocycles. The van der Waals surface area contributed by atoms with Gasteiger partial charge in [0.15, 0.2) is 6.10 Å². The summed E-state index contributed by atoms with van der Waals surface area (Å²) in [6.45, 7) is 17.7. The highest BCUT2D eigenvalue weighted by Crippen LogP contribution is 2.47. The first-order valence-electron chi connectivity index (χ1n) is 14.3. The molecule has 1 unspecified atom stereocenters. The Morgan fingerprint density at radius 1 is 0.714 bits per heavy atom. The Labute approximate surface area is 249 Å². The van der Waals surface area contributed by atoms with Crippen molar-refractivity contribution in [1.82, 2.24) is 0 Å². The van der Waals surface area contributed by atoms with E-state index in [4.69, 9.17) is 4.74 Å². The van der Waals surface area contributed by atoms with Crippen molar-refractivity contribution < 1.29 is 19.4 Å². The lowest BCUT2D eigenvalue weighted by atomic mass is 9.81. The van der Waals surface area contributed by atoms with E-state index in [2.05, 4.69) is 63.3 Å². The molecule has 5 nitrogen and oxygen atoms in total. The molecule has 2 N–H and O–H groups in total. The van der Waals surface area contributed by atoms with Gasteiger partial charge in [-0.3, -0.25) is 4.79 Å².